The van der Waals surface area contributed by atoms with Gasteiger partial charge >= 0.3 is 0 Å². The van der Waals surface area contributed by atoms with Crippen LogP contribution < -0.4 is 0 Å². The normalized spacial score (nSPS) is 11.0. The van der Waals surface area contributed by atoms with E-state index in [0.29, 0.717) is 8.96 Å². The van der Waals surface area contributed by atoms with Crippen LogP contribution in [0.5, 0.6) is 0 Å². The minimum absolute atomic E-state index is 0.0344. The van der Waals surface area contributed by atoms with E-state index in [4.69, 9.17) is 5.11 Å². The zero-order valence-electron chi connectivity index (χ0n) is 6.55. The Morgan fingerprint density at radius 3 is 3.00 bits per heavy atom. The number of rotatable bonds is 1. The van der Waals surface area contributed by atoms with Crippen LogP contribution in [0.2, 0.25) is 0 Å². The van der Waals surface area contributed by atoms with E-state index in [2.05, 4.69) is 0 Å². The molecule has 0 amide bonds. The highest BCUT2D eigenvalue weighted by Gasteiger charge is 2.10. The van der Waals surface area contributed by atoms with Crippen LogP contribution in [-0.4, -0.2) is 5.11 Å². The predicted octanol–water partition coefficient (Wildman–Crippen LogP) is 3.14. The molecule has 2 rings (SSSR count). The van der Waals surface area contributed by atoms with Crippen LogP contribution in [-0.2, 0) is 6.61 Å². The molecule has 1 heterocycles. The fourth-order valence-corrected chi connectivity index (χ4v) is 2.82. The molecule has 0 fully saturated rings. The lowest BCUT2D eigenvalue weighted by Gasteiger charge is -2.01. The fourth-order valence-electron chi connectivity index (χ4n) is 1.26. The second-order valence-electron chi connectivity index (χ2n) is 2.65. The predicted molar refractivity (Wildman–Crippen MR) is 60.4 cm³/mol. The van der Waals surface area contributed by atoms with Crippen molar-refractivity contribution in [2.24, 2.45) is 0 Å². The summed E-state index contributed by atoms with van der Waals surface area (Å²) in [5.74, 6) is -0.186. The van der Waals surface area contributed by atoms with Gasteiger partial charge in [-0.15, -0.1) is 11.3 Å². The van der Waals surface area contributed by atoms with Gasteiger partial charge in [-0.25, -0.2) is 4.39 Å². The average molecular weight is 308 g/mol. The summed E-state index contributed by atoms with van der Waals surface area (Å²) >= 11 is 3.40. The highest BCUT2D eigenvalue weighted by molar-refractivity contribution is 14.1. The fraction of sp³-hybridized carbons (Fsp3) is 0.111. The molecule has 68 valence electrons. The summed E-state index contributed by atoms with van der Waals surface area (Å²) in [4.78, 5) is 0. The Labute approximate surface area is 92.3 Å². The Bertz CT molecular complexity index is 452. The Kier molecular flexibility index (Phi) is 2.53. The minimum Gasteiger partial charge on any atom is -0.392 e. The SMILES string of the molecule is OCc1cc(I)c(F)c2ccsc12. The molecule has 4 heteroatoms. The van der Waals surface area contributed by atoms with Gasteiger partial charge in [0.05, 0.1) is 6.61 Å². The third-order valence-electron chi connectivity index (χ3n) is 1.87. The first-order chi connectivity index (χ1) is 6.24. The number of aliphatic hydroxyl groups is 1. The number of hydrogen-bond acceptors (Lipinski definition) is 2. The molecule has 0 aliphatic rings. The number of thiophene rings is 1. The van der Waals surface area contributed by atoms with Gasteiger partial charge in [0.25, 0.3) is 0 Å². The monoisotopic (exact) mass is 308 g/mol. The van der Waals surface area contributed by atoms with E-state index >= 15 is 0 Å². The number of fused-ring (bicyclic) bond motifs is 1. The lowest BCUT2D eigenvalue weighted by molar-refractivity contribution is 0.283. The van der Waals surface area contributed by atoms with Crippen LogP contribution in [0.4, 0.5) is 4.39 Å². The zero-order chi connectivity index (χ0) is 9.42. The largest absolute Gasteiger partial charge is 0.392 e. The molecule has 0 aliphatic heterocycles. The van der Waals surface area contributed by atoms with Crippen molar-refractivity contribution in [3.8, 4) is 0 Å². The molecule has 0 aliphatic carbocycles. The minimum atomic E-state index is -0.186. The van der Waals surface area contributed by atoms with Crippen molar-refractivity contribution in [1.82, 2.24) is 0 Å². The smallest absolute Gasteiger partial charge is 0.145 e. The Hall–Kier alpha value is -0.200. The first kappa shape index (κ1) is 9.36. The van der Waals surface area contributed by atoms with Crippen LogP contribution >= 0.6 is 33.9 Å². The van der Waals surface area contributed by atoms with Gasteiger partial charge in [-0.1, -0.05) is 0 Å². The zero-order valence-corrected chi connectivity index (χ0v) is 9.52. The molecule has 1 aromatic carbocycles. The Morgan fingerprint density at radius 1 is 1.54 bits per heavy atom. The Morgan fingerprint density at radius 2 is 2.31 bits per heavy atom. The molecule has 13 heavy (non-hydrogen) atoms. The first-order valence-corrected chi connectivity index (χ1v) is 5.65. The van der Waals surface area contributed by atoms with Crippen molar-refractivity contribution in [1.29, 1.82) is 0 Å². The molecule has 1 aromatic heterocycles. The Balaban J connectivity index is 2.87. The highest BCUT2D eigenvalue weighted by atomic mass is 127. The first-order valence-electron chi connectivity index (χ1n) is 3.69. The maximum Gasteiger partial charge on any atom is 0.145 e. The molecule has 0 atom stereocenters. The van der Waals surface area contributed by atoms with Crippen LogP contribution in [0.25, 0.3) is 10.1 Å². The molecule has 1 N–H and O–H groups in total. The average Bonchev–Trinajstić information content (AvgIpc) is 2.60. The molecule has 0 spiro atoms. The number of hydrogen-bond donors (Lipinski definition) is 1. The second-order valence-corrected chi connectivity index (χ2v) is 4.73. The summed E-state index contributed by atoms with van der Waals surface area (Å²) in [5, 5.41) is 11.5. The summed E-state index contributed by atoms with van der Waals surface area (Å²) in [6.07, 6.45) is 0. The number of benzene rings is 1. The number of halogens is 2. The van der Waals surface area contributed by atoms with Crippen LogP contribution in [0.15, 0.2) is 17.5 Å². The lowest BCUT2D eigenvalue weighted by atomic mass is 10.2. The van der Waals surface area contributed by atoms with Crippen molar-refractivity contribution < 1.29 is 9.50 Å². The second kappa shape index (κ2) is 3.51. The van der Waals surface area contributed by atoms with Crippen molar-refractivity contribution in [3.05, 3.63) is 32.5 Å². The van der Waals surface area contributed by atoms with Gasteiger partial charge in [0.1, 0.15) is 5.82 Å². The molecule has 1 nitrogen and oxygen atoms in total. The summed E-state index contributed by atoms with van der Waals surface area (Å²) in [5.41, 5.74) is 0.802. The maximum atomic E-state index is 13.5. The third kappa shape index (κ3) is 1.47. The molecule has 0 unspecified atom stereocenters. The van der Waals surface area contributed by atoms with E-state index < -0.39 is 0 Å². The molecule has 0 saturated carbocycles. The van der Waals surface area contributed by atoms with Crippen molar-refractivity contribution in [3.63, 3.8) is 0 Å². The van der Waals surface area contributed by atoms with Crippen molar-refractivity contribution in [2.75, 3.05) is 0 Å². The quantitative estimate of drug-likeness (QED) is 0.803. The topological polar surface area (TPSA) is 20.2 Å². The van der Waals surface area contributed by atoms with E-state index in [1.165, 1.54) is 11.3 Å². The maximum absolute atomic E-state index is 13.5. The molecular weight excluding hydrogens is 302 g/mol. The van der Waals surface area contributed by atoms with Crippen LogP contribution in [0.1, 0.15) is 5.56 Å². The summed E-state index contributed by atoms with van der Waals surface area (Å²) < 4.78 is 14.9. The molecule has 0 radical (unpaired) electrons. The van der Waals surface area contributed by atoms with Crippen molar-refractivity contribution >= 4 is 44.0 Å². The van der Waals surface area contributed by atoms with E-state index in [-0.39, 0.29) is 12.4 Å². The van der Waals surface area contributed by atoms with Crippen molar-refractivity contribution in [2.45, 2.75) is 6.61 Å². The van der Waals surface area contributed by atoms with Gasteiger partial charge in [-0.2, -0.15) is 0 Å². The molecule has 0 bridgehead atoms. The summed E-state index contributed by atoms with van der Waals surface area (Å²) in [6, 6.07) is 3.44. The van der Waals surface area contributed by atoms with E-state index in [9.17, 15) is 4.39 Å². The number of aliphatic hydroxyl groups excluding tert-OH is 1. The van der Waals surface area contributed by atoms with Gasteiger partial charge in [-0.05, 0) is 45.7 Å². The van der Waals surface area contributed by atoms with E-state index in [1.807, 2.05) is 28.0 Å². The standard InChI is InChI=1S/C9H6FIOS/c10-8-6-1-2-13-9(6)5(4-12)3-7(8)11/h1-3,12H,4H2. The molecule has 2 aromatic rings. The van der Waals surface area contributed by atoms with Crippen LogP contribution in [0, 0.1) is 9.39 Å². The molecule has 0 saturated heterocycles. The lowest BCUT2D eigenvalue weighted by Crippen LogP contribution is -1.89. The van der Waals surface area contributed by atoms with Gasteiger partial charge in [0, 0.05) is 13.7 Å². The van der Waals surface area contributed by atoms with Gasteiger partial charge in [0.2, 0.25) is 0 Å². The summed E-state index contributed by atoms with van der Waals surface area (Å²) in [6.45, 7) is -0.0344. The van der Waals surface area contributed by atoms with Gasteiger partial charge < -0.3 is 5.11 Å². The summed E-state index contributed by atoms with van der Waals surface area (Å²) in [7, 11) is 0. The van der Waals surface area contributed by atoms with Gasteiger partial charge in [0.15, 0.2) is 0 Å². The van der Waals surface area contributed by atoms with Crippen LogP contribution in [0.3, 0.4) is 0 Å². The third-order valence-corrected chi connectivity index (χ3v) is 3.65. The molecular formula is C9H6FIOS. The van der Waals surface area contributed by atoms with E-state index in [1.54, 1.807) is 12.1 Å². The van der Waals surface area contributed by atoms with E-state index in [0.717, 1.165) is 10.3 Å². The highest BCUT2D eigenvalue weighted by Crippen LogP contribution is 2.30. The van der Waals surface area contributed by atoms with Gasteiger partial charge in [-0.3, -0.25) is 0 Å².